The molecule has 0 radical (unpaired) electrons. The average Bonchev–Trinajstić information content (AvgIpc) is 2.43. The van der Waals surface area contributed by atoms with Gasteiger partial charge in [-0.2, -0.15) is 0 Å². The standard InChI is InChI=1S/C14H22N2O3S/c1-3-4-9-15-10-11-16-20(18,19)14-7-5-13(6-8-14)12(2)17/h5-8,15-16H,3-4,9-11H2,1-2H3. The van der Waals surface area contributed by atoms with Crippen LogP contribution in [0.5, 0.6) is 0 Å². The van der Waals surface area contributed by atoms with E-state index in [9.17, 15) is 13.2 Å². The van der Waals surface area contributed by atoms with Gasteiger partial charge >= 0.3 is 0 Å². The summed E-state index contributed by atoms with van der Waals surface area (Å²) in [6.45, 7) is 5.40. The van der Waals surface area contributed by atoms with Gasteiger partial charge in [-0.1, -0.05) is 25.5 Å². The minimum Gasteiger partial charge on any atom is -0.315 e. The summed E-state index contributed by atoms with van der Waals surface area (Å²) in [6.07, 6.45) is 2.19. The average molecular weight is 298 g/mol. The van der Waals surface area contributed by atoms with Crippen molar-refractivity contribution in [3.63, 3.8) is 0 Å². The summed E-state index contributed by atoms with van der Waals surface area (Å²) in [7, 11) is -3.50. The number of carbonyl (C=O) groups is 1. The van der Waals surface area contributed by atoms with Crippen molar-refractivity contribution in [1.29, 1.82) is 0 Å². The Morgan fingerprint density at radius 2 is 1.75 bits per heavy atom. The van der Waals surface area contributed by atoms with E-state index in [1.807, 2.05) is 0 Å². The predicted octanol–water partition coefficient (Wildman–Crippen LogP) is 1.56. The normalized spacial score (nSPS) is 11.5. The Morgan fingerprint density at radius 3 is 2.30 bits per heavy atom. The van der Waals surface area contributed by atoms with E-state index in [1.165, 1.54) is 31.2 Å². The molecule has 0 heterocycles. The number of nitrogens with one attached hydrogen (secondary N) is 2. The lowest BCUT2D eigenvalue weighted by Gasteiger charge is -2.08. The molecule has 0 bridgehead atoms. The molecule has 1 aromatic carbocycles. The van der Waals surface area contributed by atoms with Gasteiger partial charge in [0.05, 0.1) is 4.90 Å². The maximum atomic E-state index is 12.0. The summed E-state index contributed by atoms with van der Waals surface area (Å²) in [5, 5.41) is 3.16. The molecule has 20 heavy (non-hydrogen) atoms. The third-order valence-electron chi connectivity index (χ3n) is 2.87. The Balaban J connectivity index is 2.49. The first kappa shape index (κ1) is 16.8. The van der Waals surface area contributed by atoms with Gasteiger partial charge in [0.15, 0.2) is 5.78 Å². The highest BCUT2D eigenvalue weighted by Crippen LogP contribution is 2.10. The Labute approximate surface area is 120 Å². The van der Waals surface area contributed by atoms with E-state index in [1.54, 1.807) is 0 Å². The van der Waals surface area contributed by atoms with Crippen LogP contribution in [-0.2, 0) is 10.0 Å². The second kappa shape index (κ2) is 8.14. The Bertz CT molecular complexity index is 524. The van der Waals surface area contributed by atoms with Crippen LogP contribution in [0.3, 0.4) is 0 Å². The molecule has 0 aliphatic heterocycles. The molecule has 112 valence electrons. The van der Waals surface area contributed by atoms with E-state index < -0.39 is 10.0 Å². The zero-order chi connectivity index (χ0) is 15.0. The van der Waals surface area contributed by atoms with E-state index in [2.05, 4.69) is 17.0 Å². The quantitative estimate of drug-likeness (QED) is 0.536. The number of hydrogen-bond donors (Lipinski definition) is 2. The predicted molar refractivity (Wildman–Crippen MR) is 79.4 cm³/mol. The molecular weight excluding hydrogens is 276 g/mol. The van der Waals surface area contributed by atoms with Gasteiger partial charge in [-0.25, -0.2) is 13.1 Å². The highest BCUT2D eigenvalue weighted by molar-refractivity contribution is 7.89. The van der Waals surface area contributed by atoms with Crippen molar-refractivity contribution >= 4 is 15.8 Å². The van der Waals surface area contributed by atoms with Crippen LogP contribution in [0.4, 0.5) is 0 Å². The molecule has 0 aliphatic rings. The summed E-state index contributed by atoms with van der Waals surface area (Å²) in [5.74, 6) is -0.0815. The number of sulfonamides is 1. The van der Waals surface area contributed by atoms with E-state index in [-0.39, 0.29) is 10.7 Å². The van der Waals surface area contributed by atoms with Crippen molar-refractivity contribution in [1.82, 2.24) is 10.0 Å². The third kappa shape index (κ3) is 5.40. The zero-order valence-electron chi connectivity index (χ0n) is 12.0. The second-order valence-corrected chi connectivity index (χ2v) is 6.35. The molecule has 0 aromatic heterocycles. The number of ketones is 1. The van der Waals surface area contributed by atoms with Crippen molar-refractivity contribution in [3.05, 3.63) is 29.8 Å². The molecule has 0 saturated heterocycles. The molecule has 6 heteroatoms. The smallest absolute Gasteiger partial charge is 0.240 e. The number of hydrogen-bond acceptors (Lipinski definition) is 4. The van der Waals surface area contributed by atoms with Crippen LogP contribution >= 0.6 is 0 Å². The van der Waals surface area contributed by atoms with Gasteiger partial charge in [-0.05, 0) is 32.0 Å². The lowest BCUT2D eigenvalue weighted by molar-refractivity contribution is 0.101. The van der Waals surface area contributed by atoms with E-state index in [0.717, 1.165) is 19.4 Å². The first-order valence-electron chi connectivity index (χ1n) is 6.78. The fraction of sp³-hybridized carbons (Fsp3) is 0.500. The van der Waals surface area contributed by atoms with Gasteiger partial charge in [0.25, 0.3) is 0 Å². The third-order valence-corrected chi connectivity index (χ3v) is 4.35. The summed E-state index contributed by atoms with van der Waals surface area (Å²) < 4.78 is 26.5. The largest absolute Gasteiger partial charge is 0.315 e. The highest BCUT2D eigenvalue weighted by atomic mass is 32.2. The van der Waals surface area contributed by atoms with Gasteiger partial charge in [0, 0.05) is 18.7 Å². The lowest BCUT2D eigenvalue weighted by atomic mass is 10.2. The van der Waals surface area contributed by atoms with Crippen molar-refractivity contribution < 1.29 is 13.2 Å². The molecule has 1 aromatic rings. The number of unbranched alkanes of at least 4 members (excludes halogenated alkanes) is 1. The topological polar surface area (TPSA) is 75.3 Å². The Hall–Kier alpha value is -1.24. The maximum Gasteiger partial charge on any atom is 0.240 e. The maximum absolute atomic E-state index is 12.0. The SMILES string of the molecule is CCCCNCCNS(=O)(=O)c1ccc(C(C)=O)cc1. The monoisotopic (exact) mass is 298 g/mol. The molecule has 0 amide bonds. The molecule has 5 nitrogen and oxygen atoms in total. The molecule has 2 N–H and O–H groups in total. The highest BCUT2D eigenvalue weighted by Gasteiger charge is 2.13. The van der Waals surface area contributed by atoms with Crippen LogP contribution in [0.25, 0.3) is 0 Å². The molecule has 0 saturated carbocycles. The number of rotatable bonds is 9. The van der Waals surface area contributed by atoms with E-state index in [0.29, 0.717) is 18.7 Å². The number of benzene rings is 1. The van der Waals surface area contributed by atoms with Crippen LogP contribution in [0.15, 0.2) is 29.2 Å². The molecule has 0 unspecified atom stereocenters. The summed E-state index contributed by atoms with van der Waals surface area (Å²) in [5.41, 5.74) is 0.505. The molecule has 0 spiro atoms. The Morgan fingerprint density at radius 1 is 1.10 bits per heavy atom. The van der Waals surface area contributed by atoms with Crippen LogP contribution in [-0.4, -0.2) is 33.8 Å². The summed E-state index contributed by atoms with van der Waals surface area (Å²) in [6, 6.07) is 5.94. The minimum absolute atomic E-state index is 0.0815. The zero-order valence-corrected chi connectivity index (χ0v) is 12.8. The van der Waals surface area contributed by atoms with Crippen molar-refractivity contribution in [2.75, 3.05) is 19.6 Å². The molecule has 0 atom stereocenters. The van der Waals surface area contributed by atoms with E-state index in [4.69, 9.17) is 0 Å². The van der Waals surface area contributed by atoms with Crippen LogP contribution in [0, 0.1) is 0 Å². The first-order chi connectivity index (χ1) is 9.47. The number of Topliss-reactive ketones (excluding diaryl/α,β-unsaturated/α-hetero) is 1. The fourth-order valence-corrected chi connectivity index (χ4v) is 2.68. The van der Waals surface area contributed by atoms with Crippen LogP contribution < -0.4 is 10.0 Å². The lowest BCUT2D eigenvalue weighted by Crippen LogP contribution is -2.32. The van der Waals surface area contributed by atoms with Gasteiger partial charge in [-0.15, -0.1) is 0 Å². The summed E-state index contributed by atoms with van der Waals surface area (Å²) in [4.78, 5) is 11.3. The fourth-order valence-electron chi connectivity index (χ4n) is 1.65. The van der Waals surface area contributed by atoms with Gasteiger partial charge < -0.3 is 5.32 Å². The van der Waals surface area contributed by atoms with Crippen molar-refractivity contribution in [3.8, 4) is 0 Å². The van der Waals surface area contributed by atoms with Gasteiger partial charge in [-0.3, -0.25) is 4.79 Å². The van der Waals surface area contributed by atoms with Crippen molar-refractivity contribution in [2.45, 2.75) is 31.6 Å². The second-order valence-electron chi connectivity index (χ2n) is 4.58. The summed E-state index contributed by atoms with van der Waals surface area (Å²) >= 11 is 0. The first-order valence-corrected chi connectivity index (χ1v) is 8.27. The van der Waals surface area contributed by atoms with Gasteiger partial charge in [0.1, 0.15) is 0 Å². The van der Waals surface area contributed by atoms with Crippen LogP contribution in [0.1, 0.15) is 37.0 Å². The minimum atomic E-state index is -3.50. The van der Waals surface area contributed by atoms with Crippen LogP contribution in [0.2, 0.25) is 0 Å². The Kier molecular flexibility index (Phi) is 6.84. The van der Waals surface area contributed by atoms with E-state index >= 15 is 0 Å². The molecule has 0 aliphatic carbocycles. The van der Waals surface area contributed by atoms with Gasteiger partial charge in [0.2, 0.25) is 10.0 Å². The molecular formula is C14H22N2O3S. The molecule has 0 fully saturated rings. The van der Waals surface area contributed by atoms with Crippen molar-refractivity contribution in [2.24, 2.45) is 0 Å². The molecule has 1 rings (SSSR count). The number of carbonyl (C=O) groups excluding carboxylic acids is 1.